The van der Waals surface area contributed by atoms with Crippen LogP contribution in [-0.4, -0.2) is 6.67 Å². The molecule has 1 heteroatoms. The van der Waals surface area contributed by atoms with E-state index in [1.165, 1.54) is 0 Å². The SMILES string of the molecule is C#CCC(/C=C\CF)CC(C)C. The summed E-state index contributed by atoms with van der Waals surface area (Å²) in [6.07, 6.45) is 10.4. The summed E-state index contributed by atoms with van der Waals surface area (Å²) in [4.78, 5) is 0. The van der Waals surface area contributed by atoms with E-state index >= 15 is 0 Å². The van der Waals surface area contributed by atoms with E-state index in [2.05, 4.69) is 19.8 Å². The second kappa shape index (κ2) is 6.91. The first-order valence-corrected chi connectivity index (χ1v) is 4.36. The molecular weight excluding hydrogens is 151 g/mol. The molecule has 1 unspecified atom stereocenters. The van der Waals surface area contributed by atoms with Crippen molar-refractivity contribution < 1.29 is 4.39 Å². The predicted octanol–water partition coefficient (Wildman–Crippen LogP) is 3.20. The summed E-state index contributed by atoms with van der Waals surface area (Å²) in [5.41, 5.74) is 0. The van der Waals surface area contributed by atoms with Gasteiger partial charge < -0.3 is 0 Å². The molecule has 0 N–H and O–H groups in total. The van der Waals surface area contributed by atoms with Gasteiger partial charge in [0.15, 0.2) is 0 Å². The van der Waals surface area contributed by atoms with Crippen LogP contribution < -0.4 is 0 Å². The third kappa shape index (κ3) is 5.97. The van der Waals surface area contributed by atoms with Crippen LogP contribution in [0.5, 0.6) is 0 Å². The van der Waals surface area contributed by atoms with E-state index in [-0.39, 0.29) is 6.67 Å². The van der Waals surface area contributed by atoms with E-state index in [9.17, 15) is 4.39 Å². The average molecular weight is 168 g/mol. The van der Waals surface area contributed by atoms with Crippen LogP contribution in [0, 0.1) is 24.2 Å². The van der Waals surface area contributed by atoms with Crippen LogP contribution >= 0.6 is 0 Å². The van der Waals surface area contributed by atoms with Gasteiger partial charge in [0.2, 0.25) is 0 Å². The Hall–Kier alpha value is -0.770. The lowest BCUT2D eigenvalue weighted by molar-refractivity contribution is 0.479. The number of terminal acetylenes is 1. The Bertz CT molecular complexity index is 162. The molecule has 0 fully saturated rings. The summed E-state index contributed by atoms with van der Waals surface area (Å²) in [5, 5.41) is 0. The molecule has 12 heavy (non-hydrogen) atoms. The fraction of sp³-hybridized carbons (Fsp3) is 0.636. The molecule has 0 radical (unpaired) electrons. The minimum Gasteiger partial charge on any atom is -0.247 e. The molecule has 0 aromatic rings. The molecule has 0 rings (SSSR count). The van der Waals surface area contributed by atoms with Crippen molar-refractivity contribution in [2.45, 2.75) is 26.7 Å². The average Bonchev–Trinajstić information content (AvgIpc) is 2.00. The number of rotatable bonds is 5. The third-order valence-corrected chi connectivity index (χ3v) is 1.65. The van der Waals surface area contributed by atoms with Crippen molar-refractivity contribution in [2.75, 3.05) is 6.67 Å². The molecule has 0 spiro atoms. The molecule has 0 amide bonds. The quantitative estimate of drug-likeness (QED) is 0.437. The van der Waals surface area contributed by atoms with Crippen LogP contribution in [0.4, 0.5) is 4.39 Å². The molecule has 68 valence electrons. The Kier molecular flexibility index (Phi) is 6.47. The highest BCUT2D eigenvalue weighted by atomic mass is 19.1. The number of hydrogen-bond acceptors (Lipinski definition) is 0. The molecule has 0 nitrogen and oxygen atoms in total. The van der Waals surface area contributed by atoms with Crippen molar-refractivity contribution in [1.82, 2.24) is 0 Å². The topological polar surface area (TPSA) is 0 Å². The smallest absolute Gasteiger partial charge is 0.108 e. The van der Waals surface area contributed by atoms with Gasteiger partial charge in [0.25, 0.3) is 0 Å². The second-order valence-electron chi connectivity index (χ2n) is 3.38. The molecular formula is C11H17F. The highest BCUT2D eigenvalue weighted by molar-refractivity contribution is 4.96. The van der Waals surface area contributed by atoms with E-state index in [1.807, 2.05) is 6.08 Å². The van der Waals surface area contributed by atoms with Gasteiger partial charge in [-0.3, -0.25) is 0 Å². The van der Waals surface area contributed by atoms with E-state index in [0.717, 1.165) is 6.42 Å². The van der Waals surface area contributed by atoms with Gasteiger partial charge in [-0.25, -0.2) is 4.39 Å². The fourth-order valence-electron chi connectivity index (χ4n) is 1.23. The first kappa shape index (κ1) is 11.2. The number of halogens is 1. The van der Waals surface area contributed by atoms with Crippen molar-refractivity contribution in [3.63, 3.8) is 0 Å². The molecule has 1 atom stereocenters. The van der Waals surface area contributed by atoms with Gasteiger partial charge in [0.1, 0.15) is 6.67 Å². The van der Waals surface area contributed by atoms with Crippen molar-refractivity contribution in [3.05, 3.63) is 12.2 Å². The number of allylic oxidation sites excluding steroid dienone is 2. The van der Waals surface area contributed by atoms with Crippen LogP contribution in [0.2, 0.25) is 0 Å². The Morgan fingerprint density at radius 3 is 2.58 bits per heavy atom. The largest absolute Gasteiger partial charge is 0.247 e. The molecule has 0 saturated carbocycles. The van der Waals surface area contributed by atoms with E-state index in [1.54, 1.807) is 6.08 Å². The molecule has 0 aliphatic heterocycles. The highest BCUT2D eigenvalue weighted by Gasteiger charge is 2.05. The zero-order valence-electron chi connectivity index (χ0n) is 7.89. The van der Waals surface area contributed by atoms with Gasteiger partial charge >= 0.3 is 0 Å². The Morgan fingerprint density at radius 1 is 1.50 bits per heavy atom. The molecule has 0 bridgehead atoms. The van der Waals surface area contributed by atoms with Gasteiger partial charge in [0, 0.05) is 6.42 Å². The van der Waals surface area contributed by atoms with E-state index in [0.29, 0.717) is 18.3 Å². The first-order chi connectivity index (χ1) is 5.70. The third-order valence-electron chi connectivity index (χ3n) is 1.65. The summed E-state index contributed by atoms with van der Waals surface area (Å²) < 4.78 is 11.8. The molecule has 0 aromatic carbocycles. The first-order valence-electron chi connectivity index (χ1n) is 4.36. The molecule has 0 saturated heterocycles. The van der Waals surface area contributed by atoms with Crippen LogP contribution in [0.1, 0.15) is 26.7 Å². The lowest BCUT2D eigenvalue weighted by atomic mass is 9.94. The standard InChI is InChI=1S/C11H17F/c1-4-6-11(7-5-8-12)9-10(2)3/h1,5,7,10-11H,6,8-9H2,2-3H3/b7-5-. The van der Waals surface area contributed by atoms with Crippen molar-refractivity contribution in [1.29, 1.82) is 0 Å². The molecule has 0 aliphatic rings. The fourth-order valence-corrected chi connectivity index (χ4v) is 1.23. The maximum atomic E-state index is 11.8. The van der Waals surface area contributed by atoms with Crippen LogP contribution in [0.15, 0.2) is 12.2 Å². The van der Waals surface area contributed by atoms with Gasteiger partial charge in [0.05, 0.1) is 0 Å². The summed E-state index contributed by atoms with van der Waals surface area (Å²) in [7, 11) is 0. The number of hydrogen-bond donors (Lipinski definition) is 0. The van der Waals surface area contributed by atoms with Crippen LogP contribution in [-0.2, 0) is 0 Å². The normalized spacial score (nSPS) is 13.6. The maximum absolute atomic E-state index is 11.8. The molecule has 0 heterocycles. The monoisotopic (exact) mass is 168 g/mol. The lowest BCUT2D eigenvalue weighted by Crippen LogP contribution is -2.00. The molecule has 0 aliphatic carbocycles. The molecule has 0 aromatic heterocycles. The van der Waals surface area contributed by atoms with Gasteiger partial charge in [-0.15, -0.1) is 12.3 Å². The Morgan fingerprint density at radius 2 is 2.17 bits per heavy atom. The predicted molar refractivity (Wildman–Crippen MR) is 51.5 cm³/mol. The summed E-state index contributed by atoms with van der Waals surface area (Å²) >= 11 is 0. The van der Waals surface area contributed by atoms with Crippen LogP contribution in [0.3, 0.4) is 0 Å². The van der Waals surface area contributed by atoms with Crippen molar-refractivity contribution in [3.8, 4) is 12.3 Å². The van der Waals surface area contributed by atoms with Gasteiger partial charge in [-0.05, 0) is 18.3 Å². The maximum Gasteiger partial charge on any atom is 0.108 e. The zero-order chi connectivity index (χ0) is 9.40. The minimum atomic E-state index is -0.390. The van der Waals surface area contributed by atoms with Gasteiger partial charge in [-0.2, -0.15) is 0 Å². The van der Waals surface area contributed by atoms with Crippen molar-refractivity contribution >= 4 is 0 Å². The van der Waals surface area contributed by atoms with E-state index in [4.69, 9.17) is 6.42 Å². The Labute approximate surface area is 74.9 Å². The lowest BCUT2D eigenvalue weighted by Gasteiger charge is -2.11. The zero-order valence-corrected chi connectivity index (χ0v) is 7.89. The van der Waals surface area contributed by atoms with E-state index < -0.39 is 0 Å². The second-order valence-corrected chi connectivity index (χ2v) is 3.38. The summed E-state index contributed by atoms with van der Waals surface area (Å²) in [6, 6.07) is 0. The summed E-state index contributed by atoms with van der Waals surface area (Å²) in [6.45, 7) is 3.90. The minimum absolute atomic E-state index is 0.353. The highest BCUT2D eigenvalue weighted by Crippen LogP contribution is 2.16. The van der Waals surface area contributed by atoms with Crippen LogP contribution in [0.25, 0.3) is 0 Å². The van der Waals surface area contributed by atoms with Gasteiger partial charge in [-0.1, -0.05) is 26.0 Å². The summed E-state index contributed by atoms with van der Waals surface area (Å²) in [5.74, 6) is 3.58. The Balaban J connectivity index is 3.87. The van der Waals surface area contributed by atoms with Crippen molar-refractivity contribution in [2.24, 2.45) is 11.8 Å². The number of alkyl halides is 1.